The zero-order chi connectivity index (χ0) is 19.2. The molecule has 2 aliphatic rings. The quantitative estimate of drug-likeness (QED) is 0.835. The van der Waals surface area contributed by atoms with Crippen LogP contribution in [0.25, 0.3) is 0 Å². The average molecular weight is 371 g/mol. The van der Waals surface area contributed by atoms with Gasteiger partial charge in [0.15, 0.2) is 0 Å². The molecule has 0 bridgehead atoms. The number of amides is 2. The Kier molecular flexibility index (Phi) is 6.48. The number of methoxy groups -OCH3 is 1. The van der Waals surface area contributed by atoms with Crippen LogP contribution in [0.15, 0.2) is 29.4 Å². The number of hydrogen-bond donors (Lipinski definition) is 1. The maximum atomic E-state index is 12.3. The highest BCUT2D eigenvalue weighted by molar-refractivity contribution is 6.04. The molecule has 2 unspecified atom stereocenters. The highest BCUT2D eigenvalue weighted by Crippen LogP contribution is 2.24. The molecule has 1 aromatic carbocycles. The Morgan fingerprint density at radius 3 is 2.67 bits per heavy atom. The minimum absolute atomic E-state index is 0.00770. The summed E-state index contributed by atoms with van der Waals surface area (Å²) in [6.07, 6.45) is 5.97. The van der Waals surface area contributed by atoms with Gasteiger partial charge in [0.1, 0.15) is 5.75 Å². The molecule has 6 nitrogen and oxygen atoms in total. The second kappa shape index (κ2) is 9.02. The summed E-state index contributed by atoms with van der Waals surface area (Å²) >= 11 is 0. The number of carbonyl (C=O) groups is 2. The molecule has 146 valence electrons. The maximum absolute atomic E-state index is 12.3. The number of rotatable bonds is 6. The van der Waals surface area contributed by atoms with Crippen molar-refractivity contribution in [3.63, 3.8) is 0 Å². The third kappa shape index (κ3) is 5.08. The molecule has 1 heterocycles. The van der Waals surface area contributed by atoms with Gasteiger partial charge in [-0.15, -0.1) is 0 Å². The second-order valence-corrected chi connectivity index (χ2v) is 7.48. The molecular formula is C21H29N3O3. The van der Waals surface area contributed by atoms with Crippen LogP contribution >= 0.6 is 0 Å². The number of hydrazone groups is 1. The molecule has 1 fully saturated rings. The lowest BCUT2D eigenvalue weighted by Crippen LogP contribution is -2.42. The molecule has 3 rings (SSSR count). The van der Waals surface area contributed by atoms with Gasteiger partial charge in [0.05, 0.1) is 19.4 Å². The van der Waals surface area contributed by atoms with Gasteiger partial charge in [-0.1, -0.05) is 19.8 Å². The van der Waals surface area contributed by atoms with Crippen LogP contribution in [0.5, 0.6) is 5.75 Å². The molecular weight excluding hydrogens is 342 g/mol. The van der Waals surface area contributed by atoms with Crippen LogP contribution in [-0.4, -0.2) is 42.2 Å². The summed E-state index contributed by atoms with van der Waals surface area (Å²) in [6, 6.07) is 7.93. The van der Waals surface area contributed by atoms with E-state index in [0.29, 0.717) is 25.3 Å². The van der Waals surface area contributed by atoms with Gasteiger partial charge in [0.25, 0.3) is 0 Å². The Morgan fingerprint density at radius 2 is 1.96 bits per heavy atom. The molecule has 0 saturated heterocycles. The van der Waals surface area contributed by atoms with Crippen LogP contribution in [0.3, 0.4) is 0 Å². The molecule has 2 amide bonds. The Hall–Kier alpha value is -2.37. The summed E-state index contributed by atoms with van der Waals surface area (Å²) in [7, 11) is 1.63. The third-order valence-electron chi connectivity index (χ3n) is 5.54. The highest BCUT2D eigenvalue weighted by atomic mass is 16.5. The van der Waals surface area contributed by atoms with Crippen LogP contribution in [-0.2, 0) is 9.59 Å². The molecule has 0 spiro atoms. The fraction of sp³-hybridized carbons (Fsp3) is 0.571. The largest absolute Gasteiger partial charge is 0.497 e. The Balaban J connectivity index is 1.57. The van der Waals surface area contributed by atoms with Gasteiger partial charge < -0.3 is 10.1 Å². The maximum Gasteiger partial charge on any atom is 0.243 e. The lowest BCUT2D eigenvalue weighted by Gasteiger charge is -2.30. The van der Waals surface area contributed by atoms with Crippen molar-refractivity contribution in [2.45, 2.75) is 57.9 Å². The van der Waals surface area contributed by atoms with E-state index in [1.807, 2.05) is 24.3 Å². The number of ether oxygens (including phenoxy) is 1. The summed E-state index contributed by atoms with van der Waals surface area (Å²) in [5.74, 6) is 1.30. The number of hydrogen-bond acceptors (Lipinski definition) is 4. The lowest BCUT2D eigenvalue weighted by molar-refractivity contribution is -0.132. The van der Waals surface area contributed by atoms with E-state index in [4.69, 9.17) is 4.74 Å². The van der Waals surface area contributed by atoms with Crippen molar-refractivity contribution in [2.75, 3.05) is 13.7 Å². The van der Waals surface area contributed by atoms with E-state index in [1.54, 1.807) is 7.11 Å². The summed E-state index contributed by atoms with van der Waals surface area (Å²) in [6.45, 7) is 2.52. The van der Waals surface area contributed by atoms with Crippen molar-refractivity contribution in [2.24, 2.45) is 11.0 Å². The Morgan fingerprint density at radius 1 is 1.22 bits per heavy atom. The van der Waals surface area contributed by atoms with E-state index < -0.39 is 0 Å². The molecule has 1 aromatic rings. The number of nitrogens with zero attached hydrogens (tertiary/aromatic N) is 2. The average Bonchev–Trinajstić information content (AvgIpc) is 2.69. The highest BCUT2D eigenvalue weighted by Gasteiger charge is 2.25. The van der Waals surface area contributed by atoms with E-state index >= 15 is 0 Å². The van der Waals surface area contributed by atoms with Gasteiger partial charge in [-0.3, -0.25) is 9.59 Å². The predicted octanol–water partition coefficient (Wildman–Crippen LogP) is 3.11. The summed E-state index contributed by atoms with van der Waals surface area (Å²) in [5, 5.41) is 9.09. The molecule has 1 saturated carbocycles. The topological polar surface area (TPSA) is 71.0 Å². The van der Waals surface area contributed by atoms with Gasteiger partial charge in [0.2, 0.25) is 11.8 Å². The van der Waals surface area contributed by atoms with Crippen LogP contribution < -0.4 is 10.1 Å². The summed E-state index contributed by atoms with van der Waals surface area (Å²) < 4.78 is 5.18. The lowest BCUT2D eigenvalue weighted by atomic mass is 9.86. The molecule has 2 atom stereocenters. The fourth-order valence-electron chi connectivity index (χ4n) is 3.78. The van der Waals surface area contributed by atoms with Gasteiger partial charge in [-0.2, -0.15) is 5.10 Å². The van der Waals surface area contributed by atoms with E-state index in [9.17, 15) is 9.59 Å². The van der Waals surface area contributed by atoms with Crippen molar-refractivity contribution in [1.82, 2.24) is 10.3 Å². The zero-order valence-electron chi connectivity index (χ0n) is 16.2. The van der Waals surface area contributed by atoms with Gasteiger partial charge in [0, 0.05) is 25.3 Å². The Labute approximate surface area is 161 Å². The molecule has 0 radical (unpaired) electrons. The van der Waals surface area contributed by atoms with Crippen LogP contribution in [0, 0.1) is 5.92 Å². The fourth-order valence-corrected chi connectivity index (χ4v) is 3.78. The van der Waals surface area contributed by atoms with Crippen molar-refractivity contribution in [1.29, 1.82) is 0 Å². The monoisotopic (exact) mass is 371 g/mol. The van der Waals surface area contributed by atoms with Crippen molar-refractivity contribution in [3.05, 3.63) is 29.8 Å². The first-order valence-electron chi connectivity index (χ1n) is 9.88. The smallest absolute Gasteiger partial charge is 0.243 e. The summed E-state index contributed by atoms with van der Waals surface area (Å²) in [4.78, 5) is 24.5. The van der Waals surface area contributed by atoms with Gasteiger partial charge >= 0.3 is 0 Å². The normalized spacial score (nSPS) is 23.0. The van der Waals surface area contributed by atoms with E-state index in [2.05, 4.69) is 17.3 Å². The van der Waals surface area contributed by atoms with Crippen LogP contribution in [0.4, 0.5) is 0 Å². The van der Waals surface area contributed by atoms with Gasteiger partial charge in [-0.05, 0) is 48.6 Å². The molecule has 1 aliphatic heterocycles. The zero-order valence-corrected chi connectivity index (χ0v) is 16.2. The molecule has 1 aliphatic carbocycles. The number of nitrogens with one attached hydrogen (secondary N) is 1. The number of benzene rings is 1. The number of carbonyl (C=O) groups excluding carboxylic acids is 2. The first-order valence-corrected chi connectivity index (χ1v) is 9.88. The minimum Gasteiger partial charge on any atom is -0.497 e. The van der Waals surface area contributed by atoms with Crippen LogP contribution in [0.1, 0.15) is 57.4 Å². The molecule has 6 heteroatoms. The van der Waals surface area contributed by atoms with Crippen LogP contribution in [0.2, 0.25) is 0 Å². The van der Waals surface area contributed by atoms with E-state index in [-0.39, 0.29) is 24.3 Å². The Bertz CT molecular complexity index is 699. The minimum atomic E-state index is -0.0221. The predicted molar refractivity (Wildman–Crippen MR) is 105 cm³/mol. The SMILES string of the molecule is COc1ccc(C2=NN(CCC(=O)NC3CCCCC3C)C(=O)CC2)cc1. The first kappa shape index (κ1) is 19.4. The van der Waals surface area contributed by atoms with Crippen molar-refractivity contribution < 1.29 is 14.3 Å². The molecule has 1 N–H and O–H groups in total. The van der Waals surface area contributed by atoms with Crippen molar-refractivity contribution in [3.8, 4) is 5.75 Å². The second-order valence-electron chi connectivity index (χ2n) is 7.48. The third-order valence-corrected chi connectivity index (χ3v) is 5.54. The first-order chi connectivity index (χ1) is 13.1. The van der Waals surface area contributed by atoms with Gasteiger partial charge in [-0.25, -0.2) is 5.01 Å². The standard InChI is InChI=1S/C21H29N3O3/c1-15-5-3-4-6-18(15)22-20(25)13-14-24-21(26)12-11-19(23-24)16-7-9-17(27-2)10-8-16/h7-10,15,18H,3-6,11-14H2,1-2H3,(H,22,25). The molecule has 27 heavy (non-hydrogen) atoms. The molecule has 0 aromatic heterocycles. The van der Waals surface area contributed by atoms with E-state index in [1.165, 1.54) is 24.3 Å². The van der Waals surface area contributed by atoms with E-state index in [0.717, 1.165) is 23.4 Å². The summed E-state index contributed by atoms with van der Waals surface area (Å²) in [5.41, 5.74) is 1.85. The van der Waals surface area contributed by atoms with Crippen molar-refractivity contribution >= 4 is 17.5 Å².